The summed E-state index contributed by atoms with van der Waals surface area (Å²) in [5.74, 6) is -0.272. The monoisotopic (exact) mass is 394 g/mol. The number of esters is 1. The topological polar surface area (TPSA) is 67.9 Å². The summed E-state index contributed by atoms with van der Waals surface area (Å²) in [7, 11) is 2.72. The fourth-order valence-electron chi connectivity index (χ4n) is 3.10. The molecule has 1 fully saturated rings. The summed E-state index contributed by atoms with van der Waals surface area (Å²) < 4.78 is 9.95. The number of carbonyl (C=O) groups excluding carboxylic acids is 2. The lowest BCUT2D eigenvalue weighted by molar-refractivity contribution is 0.0597. The number of nitrogens with one attached hydrogen (secondary N) is 1. The van der Waals surface area contributed by atoms with E-state index in [2.05, 4.69) is 10.7 Å². The summed E-state index contributed by atoms with van der Waals surface area (Å²) in [6, 6.07) is 4.84. The van der Waals surface area contributed by atoms with Crippen molar-refractivity contribution in [3.63, 3.8) is 0 Å². The lowest BCUT2D eigenvalue weighted by Gasteiger charge is -2.25. The van der Waals surface area contributed by atoms with Crippen molar-refractivity contribution >= 4 is 40.6 Å². The van der Waals surface area contributed by atoms with Crippen molar-refractivity contribution in [3.8, 4) is 5.75 Å². The van der Waals surface area contributed by atoms with Crippen molar-refractivity contribution in [1.29, 1.82) is 0 Å². The van der Waals surface area contributed by atoms with Gasteiger partial charge in [-0.1, -0.05) is 11.6 Å². The van der Waals surface area contributed by atoms with Crippen LogP contribution in [0.3, 0.4) is 0 Å². The van der Waals surface area contributed by atoms with E-state index in [9.17, 15) is 9.59 Å². The van der Waals surface area contributed by atoms with Crippen LogP contribution in [-0.4, -0.2) is 37.7 Å². The lowest BCUT2D eigenvalue weighted by Crippen LogP contribution is -2.34. The van der Waals surface area contributed by atoms with E-state index < -0.39 is 5.97 Å². The minimum atomic E-state index is -0.557. The molecule has 8 heteroatoms. The minimum absolute atomic E-state index is 0.0660. The Bertz CT molecular complexity index is 810. The van der Waals surface area contributed by atoms with Crippen LogP contribution in [0.25, 0.3) is 0 Å². The Morgan fingerprint density at radius 3 is 2.81 bits per heavy atom. The number of halogens is 1. The van der Waals surface area contributed by atoms with E-state index in [1.54, 1.807) is 16.2 Å². The normalized spacial score (nSPS) is 16.4. The molecule has 3 rings (SSSR count). The number of likely N-dealkylation sites (tertiary alicyclic amines) is 1. The Morgan fingerprint density at radius 2 is 2.15 bits per heavy atom. The van der Waals surface area contributed by atoms with Gasteiger partial charge in [-0.05, 0) is 41.3 Å². The smallest absolute Gasteiger partial charge is 0.341 e. The van der Waals surface area contributed by atoms with Gasteiger partial charge in [-0.3, -0.25) is 0 Å². The van der Waals surface area contributed by atoms with Gasteiger partial charge in [0, 0.05) is 12.6 Å². The van der Waals surface area contributed by atoms with Gasteiger partial charge < -0.3 is 19.7 Å². The van der Waals surface area contributed by atoms with Gasteiger partial charge in [0.15, 0.2) is 0 Å². The van der Waals surface area contributed by atoms with Gasteiger partial charge in [-0.25, -0.2) is 9.59 Å². The predicted molar refractivity (Wildman–Crippen MR) is 101 cm³/mol. The molecular weight excluding hydrogens is 376 g/mol. The van der Waals surface area contributed by atoms with Crippen molar-refractivity contribution in [2.45, 2.75) is 18.9 Å². The van der Waals surface area contributed by atoms with Gasteiger partial charge >= 0.3 is 12.0 Å². The van der Waals surface area contributed by atoms with E-state index in [-0.39, 0.29) is 28.4 Å². The number of hydrogen-bond donors (Lipinski definition) is 1. The van der Waals surface area contributed by atoms with E-state index in [0.29, 0.717) is 12.2 Å². The zero-order valence-electron chi connectivity index (χ0n) is 14.5. The first kappa shape index (κ1) is 18.5. The number of amides is 2. The molecule has 1 aliphatic heterocycles. The van der Waals surface area contributed by atoms with Crippen LogP contribution < -0.4 is 10.1 Å². The number of thiophene rings is 1. The Balaban J connectivity index is 1.82. The fourth-order valence-corrected chi connectivity index (χ4v) is 4.01. The van der Waals surface area contributed by atoms with E-state index in [0.717, 1.165) is 18.4 Å². The molecule has 1 atom stereocenters. The van der Waals surface area contributed by atoms with Crippen molar-refractivity contribution < 1.29 is 19.1 Å². The second-order valence-corrected chi connectivity index (χ2v) is 7.05. The van der Waals surface area contributed by atoms with Crippen molar-refractivity contribution in [2.75, 3.05) is 26.1 Å². The number of nitrogens with zero attached hydrogens (tertiary/aromatic N) is 1. The van der Waals surface area contributed by atoms with Crippen molar-refractivity contribution in [1.82, 2.24) is 4.90 Å². The highest BCUT2D eigenvalue weighted by Gasteiger charge is 2.30. The molecule has 26 heavy (non-hydrogen) atoms. The molecule has 1 unspecified atom stereocenters. The SMILES string of the molecule is COC(=O)c1cc(Cl)c(NC(=O)N2CCCC2c2ccsc2)cc1OC. The molecule has 0 saturated carbocycles. The van der Waals surface area contributed by atoms with Crippen LogP contribution in [0.4, 0.5) is 10.5 Å². The van der Waals surface area contributed by atoms with E-state index in [4.69, 9.17) is 21.1 Å². The number of benzene rings is 1. The summed E-state index contributed by atoms with van der Waals surface area (Å²) in [5.41, 5.74) is 1.74. The first-order valence-corrected chi connectivity index (χ1v) is 9.42. The average molecular weight is 395 g/mol. The molecule has 2 heterocycles. The maximum absolute atomic E-state index is 12.8. The Labute approximate surface area is 160 Å². The van der Waals surface area contributed by atoms with Gasteiger partial charge in [0.05, 0.1) is 31.0 Å². The molecule has 6 nitrogen and oxygen atoms in total. The van der Waals surface area contributed by atoms with Crippen LogP contribution in [0, 0.1) is 0 Å². The Hall–Kier alpha value is -2.25. The molecule has 1 aromatic heterocycles. The van der Waals surface area contributed by atoms with Crippen molar-refractivity contribution in [3.05, 3.63) is 45.1 Å². The largest absolute Gasteiger partial charge is 0.496 e. The molecule has 1 aliphatic rings. The fraction of sp³-hybridized carbons (Fsp3) is 0.333. The van der Waals surface area contributed by atoms with Crippen LogP contribution in [-0.2, 0) is 4.74 Å². The highest BCUT2D eigenvalue weighted by molar-refractivity contribution is 7.08. The third-order valence-electron chi connectivity index (χ3n) is 4.38. The molecule has 2 aromatic rings. The molecule has 0 aliphatic carbocycles. The van der Waals surface area contributed by atoms with Gasteiger partial charge in [0.25, 0.3) is 0 Å². The molecular formula is C18H19ClN2O4S. The zero-order chi connectivity index (χ0) is 18.7. The highest BCUT2D eigenvalue weighted by atomic mass is 35.5. The van der Waals surface area contributed by atoms with E-state index in [1.807, 2.05) is 11.4 Å². The lowest BCUT2D eigenvalue weighted by atomic mass is 10.1. The van der Waals surface area contributed by atoms with Crippen LogP contribution in [0.1, 0.15) is 34.8 Å². The molecule has 0 bridgehead atoms. The maximum atomic E-state index is 12.8. The van der Waals surface area contributed by atoms with E-state index >= 15 is 0 Å². The molecule has 2 amide bonds. The summed E-state index contributed by atoms with van der Waals surface area (Å²) in [6.07, 6.45) is 1.88. The van der Waals surface area contributed by atoms with E-state index in [1.165, 1.54) is 26.4 Å². The molecule has 1 N–H and O–H groups in total. The molecule has 1 saturated heterocycles. The van der Waals surface area contributed by atoms with Gasteiger partial charge in [0.2, 0.25) is 0 Å². The predicted octanol–water partition coefficient (Wildman–Crippen LogP) is 4.57. The second-order valence-electron chi connectivity index (χ2n) is 5.86. The summed E-state index contributed by atoms with van der Waals surface area (Å²) >= 11 is 7.87. The van der Waals surface area contributed by atoms with Gasteiger partial charge in [0.1, 0.15) is 11.3 Å². The number of urea groups is 1. The number of rotatable bonds is 4. The summed E-state index contributed by atoms with van der Waals surface area (Å²) in [5, 5.41) is 7.15. The molecule has 0 spiro atoms. The maximum Gasteiger partial charge on any atom is 0.341 e. The van der Waals surface area contributed by atoms with Gasteiger partial charge in [-0.15, -0.1) is 0 Å². The Kier molecular flexibility index (Phi) is 5.68. The Morgan fingerprint density at radius 1 is 1.35 bits per heavy atom. The average Bonchev–Trinajstić information content (AvgIpc) is 3.33. The van der Waals surface area contributed by atoms with Crippen LogP contribution >= 0.6 is 22.9 Å². The number of carbonyl (C=O) groups is 2. The first-order chi connectivity index (χ1) is 12.5. The zero-order valence-corrected chi connectivity index (χ0v) is 16.0. The summed E-state index contributed by atoms with van der Waals surface area (Å²) in [4.78, 5) is 26.4. The third kappa shape index (κ3) is 3.64. The number of hydrogen-bond acceptors (Lipinski definition) is 5. The van der Waals surface area contributed by atoms with Crippen LogP contribution in [0.5, 0.6) is 5.75 Å². The quantitative estimate of drug-likeness (QED) is 0.771. The molecule has 138 valence electrons. The van der Waals surface area contributed by atoms with Crippen LogP contribution in [0.2, 0.25) is 5.02 Å². The highest BCUT2D eigenvalue weighted by Crippen LogP contribution is 2.35. The first-order valence-electron chi connectivity index (χ1n) is 8.10. The molecule has 1 aromatic carbocycles. The number of anilines is 1. The minimum Gasteiger partial charge on any atom is -0.496 e. The number of ether oxygens (including phenoxy) is 2. The van der Waals surface area contributed by atoms with Gasteiger partial charge in [-0.2, -0.15) is 11.3 Å². The van der Waals surface area contributed by atoms with Crippen molar-refractivity contribution in [2.24, 2.45) is 0 Å². The van der Waals surface area contributed by atoms with Crippen LogP contribution in [0.15, 0.2) is 29.0 Å². The second kappa shape index (κ2) is 7.97. The summed E-state index contributed by atoms with van der Waals surface area (Å²) in [6.45, 7) is 0.682. The standard InChI is InChI=1S/C18H19ClN2O4S/c1-24-16-9-14(13(19)8-12(16)17(22)25-2)20-18(23)21-6-3-4-15(21)11-5-7-26-10-11/h5,7-10,15H,3-4,6H2,1-2H3,(H,20,23). The number of methoxy groups -OCH3 is 2. The molecule has 0 radical (unpaired) electrons. The third-order valence-corrected chi connectivity index (χ3v) is 5.39.